The maximum atomic E-state index is 5.88. The van der Waals surface area contributed by atoms with Crippen molar-refractivity contribution in [2.75, 3.05) is 19.8 Å². The summed E-state index contributed by atoms with van der Waals surface area (Å²) < 4.78 is 17.8. The molecule has 1 aromatic carbocycles. The fraction of sp³-hybridized carbons (Fsp3) is 0.727. The van der Waals surface area contributed by atoms with Crippen molar-refractivity contribution < 1.29 is 9.47 Å². The second-order valence-corrected chi connectivity index (χ2v) is 20.9. The number of hydrogen-bond donors (Lipinski definition) is 0. The zero-order chi connectivity index (χ0) is 18.0. The summed E-state index contributed by atoms with van der Waals surface area (Å²) >= 11 is -2.27. The molecule has 1 atom stereocenters. The number of unbranched alkanes of at least 4 members (excludes halogenated alkanes) is 3. The van der Waals surface area contributed by atoms with Crippen molar-refractivity contribution in [1.82, 2.24) is 0 Å². The van der Waals surface area contributed by atoms with Gasteiger partial charge < -0.3 is 0 Å². The monoisotopic (exact) mass is 454 g/mol. The Morgan fingerprint density at radius 3 is 1.84 bits per heavy atom. The van der Waals surface area contributed by atoms with E-state index in [2.05, 4.69) is 45.0 Å². The van der Waals surface area contributed by atoms with Gasteiger partial charge in [-0.05, 0) is 0 Å². The van der Waals surface area contributed by atoms with Gasteiger partial charge in [-0.3, -0.25) is 0 Å². The van der Waals surface area contributed by atoms with Gasteiger partial charge in [0, 0.05) is 0 Å². The average molecular weight is 453 g/mol. The minimum atomic E-state index is -2.27. The van der Waals surface area contributed by atoms with Gasteiger partial charge in [0.1, 0.15) is 0 Å². The molecule has 1 fully saturated rings. The molecule has 1 heterocycles. The standard InChI is InChI=1S/C10H11O2.3C4H9.Sn/c1-2-4-9(5-3-1)10-8-11-6-7-12-10;3*1-3-4-2;/h2-5,10H,6-8H2;3*1,3-4H2,2H3;. The molecule has 0 spiro atoms. The third-order valence-electron chi connectivity index (χ3n) is 5.74. The second kappa shape index (κ2) is 11.6. The molecule has 2 nitrogen and oxygen atoms in total. The molecule has 0 N–H and O–H groups in total. The predicted molar refractivity (Wildman–Crippen MR) is 110 cm³/mol. The molecule has 0 bridgehead atoms. The van der Waals surface area contributed by atoms with Crippen LogP contribution in [0.15, 0.2) is 24.3 Å². The Balaban J connectivity index is 2.20. The number of benzene rings is 1. The first-order chi connectivity index (χ1) is 12.3. The fourth-order valence-corrected chi connectivity index (χ4v) is 20.0. The van der Waals surface area contributed by atoms with Gasteiger partial charge in [-0.25, -0.2) is 0 Å². The van der Waals surface area contributed by atoms with Crippen LogP contribution in [0.1, 0.15) is 71.0 Å². The van der Waals surface area contributed by atoms with Crippen LogP contribution in [0.5, 0.6) is 0 Å². The van der Waals surface area contributed by atoms with E-state index in [0.29, 0.717) is 6.61 Å². The molecule has 3 heteroatoms. The summed E-state index contributed by atoms with van der Waals surface area (Å²) in [4.78, 5) is 0. The van der Waals surface area contributed by atoms with E-state index in [4.69, 9.17) is 9.47 Å². The van der Waals surface area contributed by atoms with E-state index < -0.39 is 18.4 Å². The van der Waals surface area contributed by atoms with Crippen LogP contribution in [0.4, 0.5) is 0 Å². The number of rotatable bonds is 11. The van der Waals surface area contributed by atoms with E-state index in [-0.39, 0.29) is 6.10 Å². The molecule has 142 valence electrons. The maximum absolute atomic E-state index is 5.88. The van der Waals surface area contributed by atoms with Crippen molar-refractivity contribution in [2.24, 2.45) is 0 Å². The molecule has 0 aliphatic carbocycles. The SMILES string of the molecule is CCC[CH2][Sn]([CH2]CCC)([CH2]CCC)[c]1ccc(C2COCCO2)cc1. The van der Waals surface area contributed by atoms with Crippen LogP contribution in [0.2, 0.25) is 13.3 Å². The summed E-state index contributed by atoms with van der Waals surface area (Å²) in [5.74, 6) is 0. The molecule has 1 aliphatic rings. The Bertz CT molecular complexity index is 444. The topological polar surface area (TPSA) is 18.5 Å². The van der Waals surface area contributed by atoms with E-state index >= 15 is 0 Å². The molecular formula is C22H38O2Sn. The Hall–Kier alpha value is -0.0613. The van der Waals surface area contributed by atoms with Crippen LogP contribution < -0.4 is 3.58 Å². The zero-order valence-electron chi connectivity index (χ0n) is 16.7. The average Bonchev–Trinajstić information content (AvgIpc) is 2.68. The van der Waals surface area contributed by atoms with Gasteiger partial charge in [-0.2, -0.15) is 0 Å². The Morgan fingerprint density at radius 2 is 1.40 bits per heavy atom. The van der Waals surface area contributed by atoms with Crippen molar-refractivity contribution in [3.05, 3.63) is 29.8 Å². The molecule has 1 aliphatic heterocycles. The van der Waals surface area contributed by atoms with Crippen molar-refractivity contribution in [1.29, 1.82) is 0 Å². The molecular weight excluding hydrogens is 415 g/mol. The van der Waals surface area contributed by atoms with Gasteiger partial charge in [-0.15, -0.1) is 0 Å². The summed E-state index contributed by atoms with van der Waals surface area (Å²) in [6.07, 6.45) is 8.40. The van der Waals surface area contributed by atoms with E-state index in [1.807, 2.05) is 0 Å². The predicted octanol–water partition coefficient (Wildman–Crippen LogP) is 5.83. The first-order valence-electron chi connectivity index (χ1n) is 10.6. The summed E-state index contributed by atoms with van der Waals surface area (Å²) in [5.41, 5.74) is 1.30. The zero-order valence-corrected chi connectivity index (χ0v) is 19.5. The molecule has 0 radical (unpaired) electrons. The van der Waals surface area contributed by atoms with Gasteiger partial charge in [-0.1, -0.05) is 0 Å². The Morgan fingerprint density at radius 1 is 0.840 bits per heavy atom. The van der Waals surface area contributed by atoms with Crippen LogP contribution in [0.25, 0.3) is 0 Å². The molecule has 25 heavy (non-hydrogen) atoms. The molecule has 0 saturated carbocycles. The Kier molecular flexibility index (Phi) is 9.86. The number of hydrogen-bond acceptors (Lipinski definition) is 2. The van der Waals surface area contributed by atoms with E-state index in [0.717, 1.165) is 13.2 Å². The quantitative estimate of drug-likeness (QED) is 0.393. The molecule has 0 aromatic heterocycles. The van der Waals surface area contributed by atoms with Gasteiger partial charge in [0.25, 0.3) is 0 Å². The minimum absolute atomic E-state index is 0.134. The molecule has 2 rings (SSSR count). The summed E-state index contributed by atoms with van der Waals surface area (Å²) in [6.45, 7) is 9.20. The van der Waals surface area contributed by atoms with Crippen LogP contribution in [0, 0.1) is 0 Å². The molecule has 1 unspecified atom stereocenters. The van der Waals surface area contributed by atoms with Gasteiger partial charge in [0.2, 0.25) is 0 Å². The molecule has 1 aromatic rings. The van der Waals surface area contributed by atoms with Gasteiger partial charge in [0.05, 0.1) is 0 Å². The fourth-order valence-electron chi connectivity index (χ4n) is 4.09. The van der Waals surface area contributed by atoms with Crippen LogP contribution in [-0.2, 0) is 9.47 Å². The summed E-state index contributed by atoms with van der Waals surface area (Å²) in [7, 11) is 0. The van der Waals surface area contributed by atoms with E-state index in [9.17, 15) is 0 Å². The molecule has 0 amide bonds. The van der Waals surface area contributed by atoms with Crippen LogP contribution >= 0.6 is 0 Å². The Labute approximate surface area is 159 Å². The second-order valence-electron chi connectivity index (χ2n) is 7.65. The van der Waals surface area contributed by atoms with Crippen molar-refractivity contribution in [3.63, 3.8) is 0 Å². The van der Waals surface area contributed by atoms with E-state index in [1.165, 1.54) is 57.4 Å². The normalized spacial score (nSPS) is 18.4. The summed E-state index contributed by atoms with van der Waals surface area (Å²) in [5, 5.41) is 0. The van der Waals surface area contributed by atoms with Gasteiger partial charge >= 0.3 is 160 Å². The molecule has 1 saturated heterocycles. The van der Waals surface area contributed by atoms with Gasteiger partial charge in [0.15, 0.2) is 0 Å². The summed E-state index contributed by atoms with van der Waals surface area (Å²) in [6, 6.07) is 9.63. The first kappa shape index (κ1) is 21.2. The van der Waals surface area contributed by atoms with E-state index in [1.54, 1.807) is 3.58 Å². The first-order valence-corrected chi connectivity index (χ1v) is 18.0. The number of ether oxygens (including phenoxy) is 2. The third kappa shape index (κ3) is 6.25. The van der Waals surface area contributed by atoms with Crippen molar-refractivity contribution in [2.45, 2.75) is 78.7 Å². The van der Waals surface area contributed by atoms with Crippen LogP contribution in [-0.4, -0.2) is 38.2 Å². The van der Waals surface area contributed by atoms with Crippen molar-refractivity contribution in [3.8, 4) is 0 Å². The van der Waals surface area contributed by atoms with Crippen LogP contribution in [0.3, 0.4) is 0 Å². The third-order valence-corrected chi connectivity index (χ3v) is 21.4. The van der Waals surface area contributed by atoms with Crippen molar-refractivity contribution >= 4 is 22.0 Å².